The number of hydrogen-bond donors (Lipinski definition) is 0. The molecule has 0 amide bonds. The Morgan fingerprint density at radius 2 is 1.75 bits per heavy atom. The van der Waals surface area contributed by atoms with Crippen LogP contribution in [0.5, 0.6) is 0 Å². The van der Waals surface area contributed by atoms with Crippen molar-refractivity contribution in [1.29, 1.82) is 0 Å². The van der Waals surface area contributed by atoms with Gasteiger partial charge in [-0.05, 0) is 5.19 Å². The van der Waals surface area contributed by atoms with Crippen LogP contribution in [0.1, 0.15) is 0 Å². The molecule has 0 aromatic heterocycles. The summed E-state index contributed by atoms with van der Waals surface area (Å²) in [7, 11) is -0.570. The number of benzene rings is 1. The second-order valence-corrected chi connectivity index (χ2v) is 2.23. The summed E-state index contributed by atoms with van der Waals surface area (Å²) in [4.78, 5) is 0. The standard InChI is InChI=1S/C6H5FSi/c7-8-6-4-2-1-3-5-6/h1-5H. The Morgan fingerprint density at radius 1 is 1.12 bits per heavy atom. The Balaban J connectivity index is 2.83. The Labute approximate surface area is 50.3 Å². The van der Waals surface area contributed by atoms with Gasteiger partial charge in [0, 0.05) is 0 Å². The average Bonchev–Trinajstić information content (AvgIpc) is 1.90. The maximum absolute atomic E-state index is 11.8. The summed E-state index contributed by atoms with van der Waals surface area (Å²) in [6.45, 7) is 0. The Kier molecular flexibility index (Phi) is 1.80. The lowest BCUT2D eigenvalue weighted by atomic mass is 10.4. The molecule has 0 bridgehead atoms. The van der Waals surface area contributed by atoms with Crippen molar-refractivity contribution in [3.8, 4) is 0 Å². The van der Waals surface area contributed by atoms with Crippen LogP contribution in [-0.4, -0.2) is 9.85 Å². The van der Waals surface area contributed by atoms with Crippen LogP contribution in [0.3, 0.4) is 0 Å². The molecule has 0 fully saturated rings. The SMILES string of the molecule is F[Si]c1ccccc1. The van der Waals surface area contributed by atoms with E-state index in [1.54, 1.807) is 12.1 Å². The van der Waals surface area contributed by atoms with Gasteiger partial charge >= 0.3 is 9.85 Å². The molecule has 0 unspecified atom stereocenters. The maximum Gasteiger partial charge on any atom is 0.333 e. The highest BCUT2D eigenvalue weighted by Crippen LogP contribution is 1.79. The van der Waals surface area contributed by atoms with Gasteiger partial charge in [-0.3, -0.25) is 0 Å². The zero-order valence-corrected chi connectivity index (χ0v) is 5.26. The second kappa shape index (κ2) is 2.62. The first-order chi connectivity index (χ1) is 3.93. The van der Waals surface area contributed by atoms with Gasteiger partial charge in [-0.2, -0.15) is 0 Å². The summed E-state index contributed by atoms with van der Waals surface area (Å²) in [6, 6.07) is 9.10. The van der Waals surface area contributed by atoms with Gasteiger partial charge in [0.15, 0.2) is 0 Å². The number of rotatable bonds is 1. The van der Waals surface area contributed by atoms with Crippen molar-refractivity contribution < 1.29 is 4.11 Å². The van der Waals surface area contributed by atoms with Crippen LogP contribution in [0.25, 0.3) is 0 Å². The lowest BCUT2D eigenvalue weighted by molar-refractivity contribution is 0.885. The quantitative estimate of drug-likeness (QED) is 0.385. The van der Waals surface area contributed by atoms with Crippen molar-refractivity contribution in [2.45, 2.75) is 0 Å². The first-order valence-electron chi connectivity index (χ1n) is 2.35. The minimum absolute atomic E-state index is 0.570. The van der Waals surface area contributed by atoms with E-state index in [0.717, 1.165) is 5.19 Å². The smallest absolute Gasteiger partial charge is 0.308 e. The fourth-order valence-electron chi connectivity index (χ4n) is 0.501. The summed E-state index contributed by atoms with van der Waals surface area (Å²) in [5, 5.41) is 0.771. The van der Waals surface area contributed by atoms with Crippen molar-refractivity contribution >= 4 is 15.0 Å². The fraction of sp³-hybridized carbons (Fsp3) is 0. The lowest BCUT2D eigenvalue weighted by Crippen LogP contribution is -2.06. The third-order valence-corrected chi connectivity index (χ3v) is 1.43. The third kappa shape index (κ3) is 1.17. The van der Waals surface area contributed by atoms with E-state index >= 15 is 0 Å². The van der Waals surface area contributed by atoms with Crippen LogP contribution in [0.2, 0.25) is 0 Å². The maximum atomic E-state index is 11.8. The highest BCUT2D eigenvalue weighted by atomic mass is 28.3. The molecule has 1 aromatic rings. The van der Waals surface area contributed by atoms with Crippen LogP contribution in [0, 0.1) is 0 Å². The van der Waals surface area contributed by atoms with Crippen LogP contribution >= 0.6 is 0 Å². The van der Waals surface area contributed by atoms with E-state index < -0.39 is 9.85 Å². The van der Waals surface area contributed by atoms with Crippen LogP contribution in [-0.2, 0) is 0 Å². The van der Waals surface area contributed by atoms with Gasteiger partial charge in [-0.15, -0.1) is 0 Å². The van der Waals surface area contributed by atoms with E-state index in [1.807, 2.05) is 18.2 Å². The molecule has 1 aromatic carbocycles. The van der Waals surface area contributed by atoms with Gasteiger partial charge < -0.3 is 4.11 Å². The molecule has 40 valence electrons. The summed E-state index contributed by atoms with van der Waals surface area (Å²) < 4.78 is 11.8. The Bertz CT molecular complexity index is 150. The average molecular weight is 124 g/mol. The summed E-state index contributed by atoms with van der Waals surface area (Å²) in [5.41, 5.74) is 0. The zero-order valence-electron chi connectivity index (χ0n) is 4.26. The molecule has 0 saturated heterocycles. The summed E-state index contributed by atoms with van der Waals surface area (Å²) in [5.74, 6) is 0. The molecule has 0 heterocycles. The molecule has 2 radical (unpaired) electrons. The van der Waals surface area contributed by atoms with Crippen LogP contribution in [0.15, 0.2) is 30.3 Å². The molecule has 0 aliphatic rings. The van der Waals surface area contributed by atoms with Gasteiger partial charge in [0.05, 0.1) is 0 Å². The molecule has 2 heteroatoms. The topological polar surface area (TPSA) is 0 Å². The molecular formula is C6H5FSi. The largest absolute Gasteiger partial charge is 0.333 e. The molecule has 0 nitrogen and oxygen atoms in total. The second-order valence-electron chi connectivity index (χ2n) is 1.46. The zero-order chi connectivity index (χ0) is 5.82. The van der Waals surface area contributed by atoms with Crippen molar-refractivity contribution in [2.75, 3.05) is 0 Å². The fourth-order valence-corrected chi connectivity index (χ4v) is 0.820. The molecule has 0 N–H and O–H groups in total. The minimum atomic E-state index is -0.570. The van der Waals surface area contributed by atoms with Gasteiger partial charge in [0.25, 0.3) is 0 Å². The first-order valence-corrected chi connectivity index (χ1v) is 3.23. The van der Waals surface area contributed by atoms with Gasteiger partial charge in [0.1, 0.15) is 0 Å². The molecule has 0 atom stereocenters. The van der Waals surface area contributed by atoms with Gasteiger partial charge in [-0.25, -0.2) is 0 Å². The van der Waals surface area contributed by atoms with Crippen molar-refractivity contribution in [2.24, 2.45) is 0 Å². The molecule has 0 aliphatic carbocycles. The number of halogens is 1. The minimum Gasteiger partial charge on any atom is -0.308 e. The molecule has 0 aliphatic heterocycles. The Morgan fingerprint density at radius 3 is 2.12 bits per heavy atom. The van der Waals surface area contributed by atoms with Gasteiger partial charge in [0.2, 0.25) is 0 Å². The predicted molar refractivity (Wildman–Crippen MR) is 32.9 cm³/mol. The van der Waals surface area contributed by atoms with Crippen LogP contribution in [0.4, 0.5) is 4.11 Å². The Hall–Kier alpha value is -0.633. The molecule has 0 saturated carbocycles. The molecule has 1 rings (SSSR count). The van der Waals surface area contributed by atoms with Crippen molar-refractivity contribution in [1.82, 2.24) is 0 Å². The van der Waals surface area contributed by atoms with Crippen LogP contribution < -0.4 is 5.19 Å². The van der Waals surface area contributed by atoms with Gasteiger partial charge in [-0.1, -0.05) is 30.3 Å². The first kappa shape index (κ1) is 5.50. The lowest BCUT2D eigenvalue weighted by Gasteiger charge is -1.85. The monoisotopic (exact) mass is 124 g/mol. The molecule has 0 spiro atoms. The van der Waals surface area contributed by atoms with Crippen molar-refractivity contribution in [3.05, 3.63) is 30.3 Å². The predicted octanol–water partition coefficient (Wildman–Crippen LogP) is 0.901. The van der Waals surface area contributed by atoms with E-state index in [9.17, 15) is 4.11 Å². The van der Waals surface area contributed by atoms with Crippen molar-refractivity contribution in [3.63, 3.8) is 0 Å². The normalized spacial score (nSPS) is 9.12. The summed E-state index contributed by atoms with van der Waals surface area (Å²) in [6.07, 6.45) is 0. The molecule has 8 heavy (non-hydrogen) atoms. The van der Waals surface area contributed by atoms with E-state index in [2.05, 4.69) is 0 Å². The third-order valence-electron chi connectivity index (χ3n) is 0.883. The highest BCUT2D eigenvalue weighted by molar-refractivity contribution is 6.46. The highest BCUT2D eigenvalue weighted by Gasteiger charge is 1.87. The van der Waals surface area contributed by atoms with E-state index in [-0.39, 0.29) is 0 Å². The van der Waals surface area contributed by atoms with E-state index in [0.29, 0.717) is 0 Å². The summed E-state index contributed by atoms with van der Waals surface area (Å²) >= 11 is 0. The van der Waals surface area contributed by atoms with E-state index in [4.69, 9.17) is 0 Å². The molecular weight excluding hydrogens is 119 g/mol. The number of hydrogen-bond acceptors (Lipinski definition) is 0. The van der Waals surface area contributed by atoms with E-state index in [1.165, 1.54) is 0 Å².